The highest BCUT2D eigenvalue weighted by molar-refractivity contribution is 9.10. The molecule has 0 radical (unpaired) electrons. The molecule has 3 nitrogen and oxygen atoms in total. The number of carbonyl (C=O) groups excluding carboxylic acids is 1. The Morgan fingerprint density at radius 2 is 2.06 bits per heavy atom. The zero-order valence-corrected chi connectivity index (χ0v) is 11.8. The molecule has 4 heteroatoms. The van der Waals surface area contributed by atoms with E-state index in [-0.39, 0.29) is 5.92 Å². The molecule has 1 aliphatic carbocycles. The number of hydrogen-bond acceptors (Lipinski definition) is 2. The van der Waals surface area contributed by atoms with E-state index in [1.54, 1.807) is 0 Å². The standard InChI is InChI=1S/C14H17BrN2O/c15-13-4-2-1-3-10(13)9-17(12-5-6-12)14(18)11-7-16-8-11/h1-4,11-12,16H,5-9H2. The number of benzene rings is 1. The van der Waals surface area contributed by atoms with Crippen LogP contribution in [0, 0.1) is 5.92 Å². The molecule has 96 valence electrons. The number of nitrogens with zero attached hydrogens (tertiary/aromatic N) is 1. The molecule has 1 heterocycles. The summed E-state index contributed by atoms with van der Waals surface area (Å²) in [5.41, 5.74) is 1.20. The van der Waals surface area contributed by atoms with Crippen LogP contribution in [0.5, 0.6) is 0 Å². The Bertz CT molecular complexity index is 455. The molecule has 18 heavy (non-hydrogen) atoms. The average molecular weight is 309 g/mol. The maximum atomic E-state index is 12.4. The summed E-state index contributed by atoms with van der Waals surface area (Å²) < 4.78 is 1.09. The van der Waals surface area contributed by atoms with Crippen LogP contribution in [0.1, 0.15) is 18.4 Å². The molecule has 1 aromatic rings. The molecule has 1 aromatic carbocycles. The first kappa shape index (κ1) is 12.2. The molecule has 1 N–H and O–H groups in total. The second kappa shape index (κ2) is 5.02. The summed E-state index contributed by atoms with van der Waals surface area (Å²) in [5.74, 6) is 0.528. The van der Waals surface area contributed by atoms with E-state index in [0.717, 1.165) is 36.9 Å². The summed E-state index contributed by atoms with van der Waals surface area (Å²) >= 11 is 3.56. The van der Waals surface area contributed by atoms with Crippen molar-refractivity contribution in [1.82, 2.24) is 10.2 Å². The summed E-state index contributed by atoms with van der Waals surface area (Å²) in [6.45, 7) is 2.43. The van der Waals surface area contributed by atoms with Gasteiger partial charge >= 0.3 is 0 Å². The molecule has 0 spiro atoms. The van der Waals surface area contributed by atoms with Gasteiger partial charge in [-0.25, -0.2) is 0 Å². The van der Waals surface area contributed by atoms with Crippen molar-refractivity contribution in [2.45, 2.75) is 25.4 Å². The minimum atomic E-state index is 0.202. The third-order valence-electron chi connectivity index (χ3n) is 3.70. The molecule has 2 aliphatic rings. The van der Waals surface area contributed by atoms with Crippen molar-refractivity contribution in [3.63, 3.8) is 0 Å². The minimum absolute atomic E-state index is 0.202. The topological polar surface area (TPSA) is 32.3 Å². The van der Waals surface area contributed by atoms with Crippen LogP contribution in [0.4, 0.5) is 0 Å². The van der Waals surface area contributed by atoms with Gasteiger partial charge in [-0.2, -0.15) is 0 Å². The number of rotatable bonds is 4. The number of halogens is 1. The first-order valence-electron chi connectivity index (χ1n) is 6.50. The van der Waals surface area contributed by atoms with E-state index in [9.17, 15) is 4.79 Å². The maximum absolute atomic E-state index is 12.4. The van der Waals surface area contributed by atoms with Crippen LogP contribution in [-0.2, 0) is 11.3 Å². The van der Waals surface area contributed by atoms with Crippen LogP contribution in [0.25, 0.3) is 0 Å². The molecule has 1 amide bonds. The molecule has 0 unspecified atom stereocenters. The first-order valence-corrected chi connectivity index (χ1v) is 7.29. The van der Waals surface area contributed by atoms with Gasteiger partial charge in [-0.1, -0.05) is 34.1 Å². The Labute approximate surface area is 116 Å². The Morgan fingerprint density at radius 3 is 2.61 bits per heavy atom. The van der Waals surface area contributed by atoms with Crippen molar-refractivity contribution in [3.05, 3.63) is 34.3 Å². The van der Waals surface area contributed by atoms with Gasteiger partial charge in [0.2, 0.25) is 5.91 Å². The fourth-order valence-electron chi connectivity index (χ4n) is 2.28. The lowest BCUT2D eigenvalue weighted by Crippen LogP contribution is -2.52. The molecular weight excluding hydrogens is 292 g/mol. The quantitative estimate of drug-likeness (QED) is 0.924. The summed E-state index contributed by atoms with van der Waals surface area (Å²) in [7, 11) is 0. The molecule has 0 bridgehead atoms. The van der Waals surface area contributed by atoms with Gasteiger partial charge in [0.25, 0.3) is 0 Å². The molecule has 3 rings (SSSR count). The number of carbonyl (C=O) groups is 1. The van der Waals surface area contributed by atoms with Crippen LogP contribution < -0.4 is 5.32 Å². The van der Waals surface area contributed by atoms with Crippen LogP contribution >= 0.6 is 15.9 Å². The second-order valence-corrected chi connectivity index (χ2v) is 6.00. The zero-order chi connectivity index (χ0) is 12.5. The fourth-order valence-corrected chi connectivity index (χ4v) is 2.69. The number of amides is 1. The Balaban J connectivity index is 1.74. The Hall–Kier alpha value is -0.870. The van der Waals surface area contributed by atoms with Crippen molar-refractivity contribution in [3.8, 4) is 0 Å². The predicted molar refractivity (Wildman–Crippen MR) is 74.1 cm³/mol. The van der Waals surface area contributed by atoms with Crippen molar-refractivity contribution >= 4 is 21.8 Å². The van der Waals surface area contributed by atoms with Gasteiger partial charge in [-0.05, 0) is 24.5 Å². The Morgan fingerprint density at radius 1 is 1.33 bits per heavy atom. The van der Waals surface area contributed by atoms with Gasteiger partial charge in [0, 0.05) is 30.1 Å². The molecule has 2 fully saturated rings. The van der Waals surface area contributed by atoms with Crippen molar-refractivity contribution < 1.29 is 4.79 Å². The minimum Gasteiger partial charge on any atom is -0.335 e. The number of hydrogen-bond donors (Lipinski definition) is 1. The molecule has 1 saturated heterocycles. The lowest BCUT2D eigenvalue weighted by Gasteiger charge is -2.32. The molecule has 0 atom stereocenters. The molecule has 1 saturated carbocycles. The second-order valence-electron chi connectivity index (χ2n) is 5.14. The van der Waals surface area contributed by atoms with E-state index in [2.05, 4.69) is 32.2 Å². The van der Waals surface area contributed by atoms with Crippen molar-refractivity contribution in [2.75, 3.05) is 13.1 Å². The summed E-state index contributed by atoms with van der Waals surface area (Å²) in [6, 6.07) is 8.64. The van der Waals surface area contributed by atoms with Gasteiger partial charge in [0.15, 0.2) is 0 Å². The molecule has 1 aliphatic heterocycles. The summed E-state index contributed by atoms with van der Waals surface area (Å²) in [6.07, 6.45) is 2.33. The van der Waals surface area contributed by atoms with Gasteiger partial charge in [0.05, 0.1) is 5.92 Å². The smallest absolute Gasteiger partial charge is 0.228 e. The van der Waals surface area contributed by atoms with Crippen molar-refractivity contribution in [2.24, 2.45) is 5.92 Å². The SMILES string of the molecule is O=C(C1CNC1)N(Cc1ccccc1Br)C1CC1. The van der Waals surface area contributed by atoms with E-state index in [0.29, 0.717) is 11.9 Å². The van der Waals surface area contributed by atoms with Crippen LogP contribution in [0.3, 0.4) is 0 Å². The van der Waals surface area contributed by atoms with E-state index in [1.165, 1.54) is 5.56 Å². The molecular formula is C14H17BrN2O. The lowest BCUT2D eigenvalue weighted by atomic mass is 10.0. The van der Waals surface area contributed by atoms with E-state index in [4.69, 9.17) is 0 Å². The van der Waals surface area contributed by atoms with Crippen LogP contribution in [0.2, 0.25) is 0 Å². The van der Waals surface area contributed by atoms with Gasteiger partial charge < -0.3 is 10.2 Å². The highest BCUT2D eigenvalue weighted by Gasteiger charge is 2.37. The third-order valence-corrected chi connectivity index (χ3v) is 4.47. The van der Waals surface area contributed by atoms with E-state index in [1.807, 2.05) is 18.2 Å². The lowest BCUT2D eigenvalue weighted by molar-refractivity contribution is -0.138. The predicted octanol–water partition coefficient (Wildman–Crippen LogP) is 2.16. The third kappa shape index (κ3) is 2.45. The largest absolute Gasteiger partial charge is 0.335 e. The Kier molecular flexibility index (Phi) is 3.39. The monoisotopic (exact) mass is 308 g/mol. The zero-order valence-electron chi connectivity index (χ0n) is 10.2. The fraction of sp³-hybridized carbons (Fsp3) is 0.500. The van der Waals surface area contributed by atoms with Gasteiger partial charge in [-0.15, -0.1) is 0 Å². The highest BCUT2D eigenvalue weighted by atomic mass is 79.9. The van der Waals surface area contributed by atoms with Crippen LogP contribution in [-0.4, -0.2) is 29.9 Å². The first-order chi connectivity index (χ1) is 8.75. The molecule has 0 aromatic heterocycles. The summed E-state index contributed by atoms with van der Waals surface area (Å²) in [4.78, 5) is 14.5. The highest BCUT2D eigenvalue weighted by Crippen LogP contribution is 2.31. The van der Waals surface area contributed by atoms with E-state index < -0.39 is 0 Å². The van der Waals surface area contributed by atoms with Crippen LogP contribution in [0.15, 0.2) is 28.7 Å². The average Bonchev–Trinajstić information content (AvgIpc) is 3.09. The maximum Gasteiger partial charge on any atom is 0.228 e. The van der Waals surface area contributed by atoms with Gasteiger partial charge in [0.1, 0.15) is 0 Å². The van der Waals surface area contributed by atoms with Gasteiger partial charge in [-0.3, -0.25) is 4.79 Å². The van der Waals surface area contributed by atoms with E-state index >= 15 is 0 Å². The normalized spacial score (nSPS) is 19.4. The van der Waals surface area contributed by atoms with Crippen molar-refractivity contribution in [1.29, 1.82) is 0 Å². The number of nitrogens with one attached hydrogen (secondary N) is 1. The summed E-state index contributed by atoms with van der Waals surface area (Å²) in [5, 5.41) is 3.17.